The van der Waals surface area contributed by atoms with Crippen molar-refractivity contribution in [1.29, 1.82) is 0 Å². The van der Waals surface area contributed by atoms with Gasteiger partial charge in [0.2, 0.25) is 0 Å². The summed E-state index contributed by atoms with van der Waals surface area (Å²) >= 11 is 5.77. The smallest absolute Gasteiger partial charge is 0.123 e. The van der Waals surface area contributed by atoms with Gasteiger partial charge in [-0.2, -0.15) is 0 Å². The van der Waals surface area contributed by atoms with Gasteiger partial charge in [0, 0.05) is 11.1 Å². The Bertz CT molecular complexity index is 353. The van der Waals surface area contributed by atoms with Gasteiger partial charge >= 0.3 is 0 Å². The van der Waals surface area contributed by atoms with Crippen LogP contribution < -0.4 is 4.74 Å². The van der Waals surface area contributed by atoms with E-state index in [4.69, 9.17) is 16.3 Å². The second-order valence-corrected chi connectivity index (χ2v) is 4.83. The molecule has 0 aliphatic carbocycles. The van der Waals surface area contributed by atoms with Crippen molar-refractivity contribution >= 4 is 11.6 Å². The fraction of sp³-hybridized carbons (Fsp3) is 0.500. The monoisotopic (exact) mass is 228 g/mol. The van der Waals surface area contributed by atoms with E-state index in [1.807, 2.05) is 26.8 Å². The van der Waals surface area contributed by atoms with Crippen LogP contribution in [0.3, 0.4) is 0 Å². The lowest BCUT2D eigenvalue weighted by atomic mass is 9.85. The average molecular weight is 229 g/mol. The molecule has 0 unspecified atom stereocenters. The van der Waals surface area contributed by atoms with Gasteiger partial charge in [-0.15, -0.1) is 11.6 Å². The van der Waals surface area contributed by atoms with Gasteiger partial charge in [0.15, 0.2) is 0 Å². The number of ether oxygens (including phenoxy) is 1. The quantitative estimate of drug-likeness (QED) is 0.786. The molecule has 1 aromatic carbocycles. The number of hydrogen-bond donors (Lipinski definition) is 1. The highest BCUT2D eigenvalue weighted by atomic mass is 35.5. The number of phenolic OH excluding ortho intramolecular Hbond substituents is 1. The molecule has 1 aromatic rings. The maximum absolute atomic E-state index is 10.0. The molecule has 1 rings (SSSR count). The van der Waals surface area contributed by atoms with Gasteiger partial charge in [0.25, 0.3) is 0 Å². The minimum Gasteiger partial charge on any atom is -0.507 e. The average Bonchev–Trinajstić information content (AvgIpc) is 2.16. The number of rotatable bonds is 2. The third-order valence-electron chi connectivity index (χ3n) is 2.35. The summed E-state index contributed by atoms with van der Waals surface area (Å²) in [4.78, 5) is 0. The lowest BCUT2D eigenvalue weighted by Crippen LogP contribution is -2.12. The molecular formula is C12H17ClO2. The number of phenols is 1. The highest BCUT2D eigenvalue weighted by Gasteiger charge is 2.21. The molecule has 0 spiro atoms. The molecule has 1 N–H and O–H groups in total. The van der Waals surface area contributed by atoms with E-state index in [1.54, 1.807) is 13.2 Å². The van der Waals surface area contributed by atoms with E-state index >= 15 is 0 Å². The Morgan fingerprint density at radius 1 is 1.33 bits per heavy atom. The van der Waals surface area contributed by atoms with Crippen molar-refractivity contribution in [1.82, 2.24) is 0 Å². The van der Waals surface area contributed by atoms with Crippen LogP contribution in [0.5, 0.6) is 11.5 Å². The molecule has 0 aliphatic rings. The molecule has 0 heterocycles. The molecule has 3 heteroatoms. The van der Waals surface area contributed by atoms with Crippen LogP contribution in [0.25, 0.3) is 0 Å². The van der Waals surface area contributed by atoms with Crippen molar-refractivity contribution < 1.29 is 9.84 Å². The SMILES string of the molecule is COc1cc(CCl)c(O)c(C(C)(C)C)c1. The second kappa shape index (κ2) is 4.31. The lowest BCUT2D eigenvalue weighted by Gasteiger charge is -2.22. The molecule has 0 aliphatic heterocycles. The van der Waals surface area contributed by atoms with Crippen LogP contribution in [0, 0.1) is 0 Å². The second-order valence-electron chi connectivity index (χ2n) is 4.57. The van der Waals surface area contributed by atoms with Gasteiger partial charge in [0.05, 0.1) is 13.0 Å². The van der Waals surface area contributed by atoms with Crippen molar-refractivity contribution in [2.45, 2.75) is 32.1 Å². The molecule has 0 amide bonds. The van der Waals surface area contributed by atoms with Crippen molar-refractivity contribution in [3.63, 3.8) is 0 Å². The van der Waals surface area contributed by atoms with Crippen LogP contribution in [-0.4, -0.2) is 12.2 Å². The van der Waals surface area contributed by atoms with Gasteiger partial charge in [0.1, 0.15) is 11.5 Å². The fourth-order valence-corrected chi connectivity index (χ4v) is 1.66. The number of benzene rings is 1. The maximum Gasteiger partial charge on any atom is 0.123 e. The predicted octanol–water partition coefficient (Wildman–Crippen LogP) is 3.44. The minimum absolute atomic E-state index is 0.126. The summed E-state index contributed by atoms with van der Waals surface area (Å²) in [7, 11) is 1.61. The third kappa shape index (κ3) is 2.57. The third-order valence-corrected chi connectivity index (χ3v) is 2.64. The summed E-state index contributed by atoms with van der Waals surface area (Å²) in [6.07, 6.45) is 0. The number of halogens is 1. The van der Waals surface area contributed by atoms with E-state index in [0.717, 1.165) is 11.3 Å². The normalized spacial score (nSPS) is 11.5. The Kier molecular flexibility index (Phi) is 3.50. The number of hydrogen-bond acceptors (Lipinski definition) is 2. The minimum atomic E-state index is -0.126. The zero-order chi connectivity index (χ0) is 11.6. The predicted molar refractivity (Wildman–Crippen MR) is 62.9 cm³/mol. The van der Waals surface area contributed by atoms with Crippen molar-refractivity contribution in [3.05, 3.63) is 23.3 Å². The van der Waals surface area contributed by atoms with Crippen molar-refractivity contribution in [3.8, 4) is 11.5 Å². The largest absolute Gasteiger partial charge is 0.507 e. The molecule has 0 saturated heterocycles. The van der Waals surface area contributed by atoms with E-state index in [2.05, 4.69) is 0 Å². The molecule has 0 saturated carbocycles. The molecular weight excluding hydrogens is 212 g/mol. The van der Waals surface area contributed by atoms with Crippen LogP contribution in [0.15, 0.2) is 12.1 Å². The summed E-state index contributed by atoms with van der Waals surface area (Å²) in [6.45, 7) is 6.12. The fourth-order valence-electron chi connectivity index (χ4n) is 1.46. The number of alkyl halides is 1. The Hall–Kier alpha value is -0.890. The highest BCUT2D eigenvalue weighted by Crippen LogP contribution is 2.37. The first-order valence-electron chi connectivity index (χ1n) is 4.86. The van der Waals surface area contributed by atoms with Crippen LogP contribution >= 0.6 is 11.6 Å². The summed E-state index contributed by atoms with van der Waals surface area (Å²) in [6, 6.07) is 3.61. The van der Waals surface area contributed by atoms with Crippen molar-refractivity contribution in [2.24, 2.45) is 0 Å². The van der Waals surface area contributed by atoms with E-state index < -0.39 is 0 Å². The van der Waals surface area contributed by atoms with Gasteiger partial charge < -0.3 is 9.84 Å². The van der Waals surface area contributed by atoms with Crippen LogP contribution in [-0.2, 0) is 11.3 Å². The first-order valence-corrected chi connectivity index (χ1v) is 5.40. The zero-order valence-electron chi connectivity index (χ0n) is 9.60. The Labute approximate surface area is 95.8 Å². The first-order chi connectivity index (χ1) is 6.90. The van der Waals surface area contributed by atoms with E-state index in [0.29, 0.717) is 5.56 Å². The molecule has 0 atom stereocenters. The Balaban J connectivity index is 3.37. The number of methoxy groups -OCH3 is 1. The Morgan fingerprint density at radius 2 is 1.93 bits per heavy atom. The molecule has 0 aromatic heterocycles. The topological polar surface area (TPSA) is 29.5 Å². The first kappa shape index (κ1) is 12.2. The van der Waals surface area contributed by atoms with Gasteiger partial charge in [-0.05, 0) is 17.5 Å². The molecule has 84 valence electrons. The summed E-state index contributed by atoms with van der Waals surface area (Å²) in [5, 5.41) is 10.0. The van der Waals surface area contributed by atoms with Crippen molar-refractivity contribution in [2.75, 3.05) is 7.11 Å². The molecule has 2 nitrogen and oxygen atoms in total. The van der Waals surface area contributed by atoms with Crippen LogP contribution in [0.4, 0.5) is 0 Å². The summed E-state index contributed by atoms with van der Waals surface area (Å²) < 4.78 is 5.18. The summed E-state index contributed by atoms with van der Waals surface area (Å²) in [5.41, 5.74) is 1.44. The number of aromatic hydroxyl groups is 1. The molecule has 0 radical (unpaired) electrons. The van der Waals surface area contributed by atoms with E-state index in [9.17, 15) is 5.11 Å². The Morgan fingerprint density at radius 3 is 2.33 bits per heavy atom. The van der Waals surface area contributed by atoms with Gasteiger partial charge in [-0.1, -0.05) is 20.8 Å². The zero-order valence-corrected chi connectivity index (χ0v) is 10.4. The van der Waals surface area contributed by atoms with Gasteiger partial charge in [-0.25, -0.2) is 0 Å². The molecule has 0 bridgehead atoms. The van der Waals surface area contributed by atoms with Crippen LogP contribution in [0.2, 0.25) is 0 Å². The highest BCUT2D eigenvalue weighted by molar-refractivity contribution is 6.17. The van der Waals surface area contributed by atoms with E-state index in [1.165, 1.54) is 0 Å². The standard InChI is InChI=1S/C12H17ClO2/c1-12(2,3)10-6-9(15-4)5-8(7-13)11(10)14/h5-6,14H,7H2,1-4H3. The van der Waals surface area contributed by atoms with E-state index in [-0.39, 0.29) is 17.0 Å². The summed E-state index contributed by atoms with van der Waals surface area (Å²) in [5.74, 6) is 1.29. The molecule has 15 heavy (non-hydrogen) atoms. The van der Waals surface area contributed by atoms with Crippen LogP contribution in [0.1, 0.15) is 31.9 Å². The maximum atomic E-state index is 10.0. The molecule has 0 fully saturated rings. The van der Waals surface area contributed by atoms with Gasteiger partial charge in [-0.3, -0.25) is 0 Å². The lowest BCUT2D eigenvalue weighted by molar-refractivity contribution is 0.404.